The number of likely N-dealkylation sites (tertiary alicyclic amines) is 1. The van der Waals surface area contributed by atoms with Crippen molar-refractivity contribution in [2.45, 2.75) is 32.2 Å². The van der Waals surface area contributed by atoms with Crippen molar-refractivity contribution in [1.82, 2.24) is 4.90 Å². The van der Waals surface area contributed by atoms with Gasteiger partial charge in [0.05, 0.1) is 6.42 Å². The molecule has 2 rings (SSSR count). The molecule has 0 radical (unpaired) electrons. The van der Waals surface area contributed by atoms with E-state index in [1.165, 1.54) is 0 Å². The third-order valence-electron chi connectivity index (χ3n) is 3.85. The summed E-state index contributed by atoms with van der Waals surface area (Å²) in [6, 6.07) is 7.67. The fourth-order valence-corrected chi connectivity index (χ4v) is 2.78. The summed E-state index contributed by atoms with van der Waals surface area (Å²) in [7, 11) is 0. The minimum Gasteiger partial charge on any atom is -0.342 e. The molecule has 1 aliphatic rings. The maximum atomic E-state index is 12.3. The van der Waals surface area contributed by atoms with Crippen LogP contribution in [0.1, 0.15) is 25.3 Å². The summed E-state index contributed by atoms with van der Waals surface area (Å²) in [5.74, 6) is 0.572. The minimum atomic E-state index is 0.149. The second kappa shape index (κ2) is 6.40. The number of hydrogen-bond acceptors (Lipinski definition) is 2. The molecular formula is C15H21ClN2O. The monoisotopic (exact) mass is 280 g/mol. The smallest absolute Gasteiger partial charge is 0.227 e. The molecule has 1 saturated heterocycles. The highest BCUT2D eigenvalue weighted by atomic mass is 35.5. The molecule has 2 unspecified atom stereocenters. The van der Waals surface area contributed by atoms with Crippen LogP contribution in [0.25, 0.3) is 0 Å². The van der Waals surface area contributed by atoms with Gasteiger partial charge in [0, 0.05) is 24.2 Å². The van der Waals surface area contributed by atoms with Crippen LogP contribution in [0.2, 0.25) is 5.02 Å². The Kier molecular flexibility index (Phi) is 4.83. The van der Waals surface area contributed by atoms with E-state index in [1.54, 1.807) is 0 Å². The highest BCUT2D eigenvalue weighted by molar-refractivity contribution is 6.31. The number of carbonyl (C=O) groups is 1. The van der Waals surface area contributed by atoms with Crippen molar-refractivity contribution < 1.29 is 4.79 Å². The molecular weight excluding hydrogens is 260 g/mol. The zero-order valence-electron chi connectivity index (χ0n) is 11.3. The van der Waals surface area contributed by atoms with E-state index in [0.29, 0.717) is 17.4 Å². The number of amides is 1. The fraction of sp³-hybridized carbons (Fsp3) is 0.533. The Morgan fingerprint density at radius 2 is 2.26 bits per heavy atom. The van der Waals surface area contributed by atoms with Gasteiger partial charge in [-0.3, -0.25) is 4.79 Å². The Morgan fingerprint density at radius 1 is 1.53 bits per heavy atom. The third kappa shape index (κ3) is 3.71. The lowest BCUT2D eigenvalue weighted by atomic mass is 9.92. The van der Waals surface area contributed by atoms with Gasteiger partial charge in [-0.2, -0.15) is 0 Å². The zero-order chi connectivity index (χ0) is 13.8. The van der Waals surface area contributed by atoms with Crippen LogP contribution in [0.15, 0.2) is 24.3 Å². The first-order chi connectivity index (χ1) is 9.08. The van der Waals surface area contributed by atoms with Crippen LogP contribution >= 0.6 is 11.6 Å². The lowest BCUT2D eigenvalue weighted by Crippen LogP contribution is -2.45. The van der Waals surface area contributed by atoms with Crippen LogP contribution in [0.5, 0.6) is 0 Å². The third-order valence-corrected chi connectivity index (χ3v) is 4.22. The normalized spacial score (nSPS) is 21.2. The summed E-state index contributed by atoms with van der Waals surface area (Å²) in [4.78, 5) is 14.2. The van der Waals surface area contributed by atoms with Crippen molar-refractivity contribution in [3.8, 4) is 0 Å². The van der Waals surface area contributed by atoms with Crippen molar-refractivity contribution in [3.63, 3.8) is 0 Å². The van der Waals surface area contributed by atoms with E-state index in [0.717, 1.165) is 31.5 Å². The zero-order valence-corrected chi connectivity index (χ0v) is 12.1. The number of nitrogens with two attached hydrogens (primary N) is 1. The van der Waals surface area contributed by atoms with Gasteiger partial charge >= 0.3 is 0 Å². The van der Waals surface area contributed by atoms with Gasteiger partial charge in [0.2, 0.25) is 5.91 Å². The van der Waals surface area contributed by atoms with E-state index in [1.807, 2.05) is 36.1 Å². The van der Waals surface area contributed by atoms with Crippen LogP contribution in [0.4, 0.5) is 0 Å². The van der Waals surface area contributed by atoms with E-state index in [9.17, 15) is 4.79 Å². The van der Waals surface area contributed by atoms with E-state index < -0.39 is 0 Å². The summed E-state index contributed by atoms with van der Waals surface area (Å²) in [6.07, 6.45) is 2.54. The molecule has 2 atom stereocenters. The molecule has 2 N–H and O–H groups in total. The van der Waals surface area contributed by atoms with Crippen molar-refractivity contribution in [2.75, 3.05) is 13.1 Å². The molecule has 19 heavy (non-hydrogen) atoms. The minimum absolute atomic E-state index is 0.149. The Bertz CT molecular complexity index is 448. The first-order valence-electron chi connectivity index (χ1n) is 6.84. The molecule has 1 heterocycles. The molecule has 1 fully saturated rings. The lowest BCUT2D eigenvalue weighted by Gasteiger charge is -2.34. The highest BCUT2D eigenvalue weighted by Gasteiger charge is 2.25. The van der Waals surface area contributed by atoms with Gasteiger partial charge in [0.25, 0.3) is 0 Å². The van der Waals surface area contributed by atoms with Gasteiger partial charge in [-0.1, -0.05) is 29.8 Å². The number of nitrogens with zero attached hydrogens (tertiary/aromatic N) is 1. The topological polar surface area (TPSA) is 46.3 Å². The molecule has 104 valence electrons. The van der Waals surface area contributed by atoms with Crippen LogP contribution in [-0.2, 0) is 11.2 Å². The fourth-order valence-electron chi connectivity index (χ4n) is 2.58. The Balaban J connectivity index is 1.98. The maximum Gasteiger partial charge on any atom is 0.227 e. The number of hydrogen-bond donors (Lipinski definition) is 1. The Morgan fingerprint density at radius 3 is 2.95 bits per heavy atom. The van der Waals surface area contributed by atoms with E-state index in [2.05, 4.69) is 0 Å². The molecule has 0 bridgehead atoms. The molecule has 3 nitrogen and oxygen atoms in total. The van der Waals surface area contributed by atoms with Crippen LogP contribution in [0.3, 0.4) is 0 Å². The van der Waals surface area contributed by atoms with Crippen LogP contribution in [0, 0.1) is 5.92 Å². The molecule has 1 aromatic carbocycles. The predicted molar refractivity (Wildman–Crippen MR) is 78.1 cm³/mol. The molecule has 4 heteroatoms. The Labute approximate surface area is 119 Å². The largest absolute Gasteiger partial charge is 0.342 e. The summed E-state index contributed by atoms with van der Waals surface area (Å²) in [5, 5.41) is 0.664. The second-order valence-electron chi connectivity index (χ2n) is 5.37. The molecule has 1 aliphatic heterocycles. The van der Waals surface area contributed by atoms with Gasteiger partial charge in [-0.15, -0.1) is 0 Å². The average Bonchev–Trinajstić information content (AvgIpc) is 2.41. The van der Waals surface area contributed by atoms with Gasteiger partial charge in [0.1, 0.15) is 0 Å². The number of carbonyl (C=O) groups excluding carboxylic acids is 1. The Hall–Kier alpha value is -1.06. The highest BCUT2D eigenvalue weighted by Crippen LogP contribution is 2.21. The molecule has 0 saturated carbocycles. The van der Waals surface area contributed by atoms with Gasteiger partial charge in [-0.05, 0) is 37.3 Å². The molecule has 0 aliphatic carbocycles. The summed E-state index contributed by atoms with van der Waals surface area (Å²) in [6.45, 7) is 3.64. The van der Waals surface area contributed by atoms with E-state index in [4.69, 9.17) is 17.3 Å². The van der Waals surface area contributed by atoms with Crippen molar-refractivity contribution in [3.05, 3.63) is 34.9 Å². The number of rotatable bonds is 3. The molecule has 1 amide bonds. The number of halogens is 1. The SMILES string of the molecule is CC(N)C1CCCN(C(=O)Cc2ccccc2Cl)C1. The van der Waals surface area contributed by atoms with Crippen molar-refractivity contribution in [2.24, 2.45) is 11.7 Å². The lowest BCUT2D eigenvalue weighted by molar-refractivity contribution is -0.132. The first-order valence-corrected chi connectivity index (χ1v) is 7.22. The standard InChI is InChI=1S/C15H21ClN2O/c1-11(17)13-6-4-8-18(10-13)15(19)9-12-5-2-3-7-14(12)16/h2-3,5,7,11,13H,4,6,8-10,17H2,1H3. The van der Waals surface area contributed by atoms with Gasteiger partial charge in [0.15, 0.2) is 0 Å². The maximum absolute atomic E-state index is 12.3. The van der Waals surface area contributed by atoms with Gasteiger partial charge in [-0.25, -0.2) is 0 Å². The predicted octanol–water partition coefficient (Wildman–Crippen LogP) is 2.47. The van der Waals surface area contributed by atoms with Crippen LogP contribution in [-0.4, -0.2) is 29.9 Å². The average molecular weight is 281 g/mol. The summed E-state index contributed by atoms with van der Waals surface area (Å²) < 4.78 is 0. The van der Waals surface area contributed by atoms with Crippen molar-refractivity contribution in [1.29, 1.82) is 0 Å². The quantitative estimate of drug-likeness (QED) is 0.924. The summed E-state index contributed by atoms with van der Waals surface area (Å²) in [5.41, 5.74) is 6.85. The van der Waals surface area contributed by atoms with Crippen molar-refractivity contribution >= 4 is 17.5 Å². The van der Waals surface area contributed by atoms with Crippen LogP contribution < -0.4 is 5.73 Å². The summed E-state index contributed by atoms with van der Waals surface area (Å²) >= 11 is 6.10. The molecule has 1 aromatic rings. The van der Waals surface area contributed by atoms with E-state index in [-0.39, 0.29) is 11.9 Å². The number of piperidine rings is 1. The van der Waals surface area contributed by atoms with E-state index >= 15 is 0 Å². The molecule has 0 spiro atoms. The number of benzene rings is 1. The first kappa shape index (κ1) is 14.4. The van der Waals surface area contributed by atoms with Gasteiger partial charge < -0.3 is 10.6 Å². The second-order valence-corrected chi connectivity index (χ2v) is 5.78. The molecule has 0 aromatic heterocycles.